The lowest BCUT2D eigenvalue weighted by atomic mass is 10.1. The van der Waals surface area contributed by atoms with E-state index in [1.54, 1.807) is 49.4 Å². The molecule has 2 aromatic heterocycles. The van der Waals surface area contributed by atoms with Crippen molar-refractivity contribution in [1.29, 1.82) is 0 Å². The highest BCUT2D eigenvalue weighted by molar-refractivity contribution is 6.07. The molecule has 0 radical (unpaired) electrons. The Balaban J connectivity index is 1.28. The van der Waals surface area contributed by atoms with Crippen molar-refractivity contribution in [2.24, 2.45) is 0 Å². The summed E-state index contributed by atoms with van der Waals surface area (Å²) in [7, 11) is 0. The summed E-state index contributed by atoms with van der Waals surface area (Å²) < 4.78 is 6.99. The number of fused-ring (bicyclic) bond motifs is 1. The molecule has 2 heterocycles. The van der Waals surface area contributed by atoms with Crippen molar-refractivity contribution in [2.75, 3.05) is 10.6 Å². The first kappa shape index (κ1) is 21.1. The minimum Gasteiger partial charge on any atom is -0.355 e. The van der Waals surface area contributed by atoms with Gasteiger partial charge in [-0.1, -0.05) is 35.5 Å². The molecular weight excluding hydrogens is 432 g/mol. The molecule has 34 heavy (non-hydrogen) atoms. The van der Waals surface area contributed by atoms with Gasteiger partial charge in [0.25, 0.3) is 5.91 Å². The average molecular weight is 452 g/mol. The van der Waals surface area contributed by atoms with Crippen molar-refractivity contribution in [2.45, 2.75) is 13.0 Å². The van der Waals surface area contributed by atoms with Gasteiger partial charge in [-0.05, 0) is 49.4 Å². The van der Waals surface area contributed by atoms with Crippen molar-refractivity contribution in [3.63, 3.8) is 0 Å². The van der Waals surface area contributed by atoms with Crippen LogP contribution in [0.25, 0.3) is 22.2 Å². The summed E-state index contributed by atoms with van der Waals surface area (Å²) in [6.45, 7) is 1.73. The molecule has 2 N–H and O–H groups in total. The summed E-state index contributed by atoms with van der Waals surface area (Å²) in [6, 6.07) is 21.2. The Bertz CT molecular complexity index is 1440. The van der Waals surface area contributed by atoms with Crippen molar-refractivity contribution in [1.82, 2.24) is 19.9 Å². The van der Waals surface area contributed by atoms with Crippen LogP contribution < -0.4 is 10.6 Å². The van der Waals surface area contributed by atoms with E-state index < -0.39 is 6.04 Å². The minimum absolute atomic E-state index is 0.224. The Hall–Kier alpha value is -4.79. The Labute approximate surface area is 194 Å². The summed E-state index contributed by atoms with van der Waals surface area (Å²) >= 11 is 0. The molecule has 0 spiro atoms. The zero-order chi connectivity index (χ0) is 23.5. The van der Waals surface area contributed by atoms with Crippen LogP contribution in [0, 0.1) is 0 Å². The predicted octanol–water partition coefficient (Wildman–Crippen LogP) is 4.54. The topological polar surface area (TPSA) is 115 Å². The maximum absolute atomic E-state index is 12.9. The lowest BCUT2D eigenvalue weighted by molar-refractivity contribution is -0.119. The first-order valence-corrected chi connectivity index (χ1v) is 10.6. The number of nitrogens with zero attached hydrogens (tertiary/aromatic N) is 4. The van der Waals surface area contributed by atoms with Gasteiger partial charge in [0, 0.05) is 22.5 Å². The second kappa shape index (κ2) is 8.99. The molecule has 0 aliphatic heterocycles. The molecule has 2 amide bonds. The van der Waals surface area contributed by atoms with Gasteiger partial charge in [-0.3, -0.25) is 9.59 Å². The maximum Gasteiger partial charge on any atom is 0.255 e. The van der Waals surface area contributed by atoms with Crippen LogP contribution in [0.2, 0.25) is 0 Å². The van der Waals surface area contributed by atoms with Gasteiger partial charge in [0.15, 0.2) is 5.76 Å². The molecule has 0 aliphatic rings. The summed E-state index contributed by atoms with van der Waals surface area (Å²) in [5.41, 5.74) is 3.25. The van der Waals surface area contributed by atoms with Gasteiger partial charge < -0.3 is 15.2 Å². The molecule has 0 aliphatic carbocycles. The van der Waals surface area contributed by atoms with Gasteiger partial charge in [-0.2, -0.15) is 5.10 Å². The lowest BCUT2D eigenvalue weighted by Crippen LogP contribution is -2.24. The number of hydrogen-bond acceptors (Lipinski definition) is 6. The number of carbonyl (C=O) groups excluding carboxylic acids is 2. The molecule has 5 aromatic rings. The first-order chi connectivity index (χ1) is 16.6. The van der Waals surface area contributed by atoms with E-state index in [0.29, 0.717) is 28.2 Å². The number of rotatable bonds is 6. The standard InChI is InChI=1S/C25H20N6O3/c1-16(31-15-26-14-27-31)24(32)28-19-8-10-20(11-9-19)29-25(33)18-7-12-22-21(13-18)23(34-30-22)17-5-3-2-4-6-17/h2-16H,1H3,(H,28,32)(H,29,33). The zero-order valence-electron chi connectivity index (χ0n) is 18.2. The van der Waals surface area contributed by atoms with E-state index in [1.807, 2.05) is 30.3 Å². The van der Waals surface area contributed by atoms with Crippen LogP contribution in [0.1, 0.15) is 23.3 Å². The Morgan fingerprint density at radius 2 is 1.68 bits per heavy atom. The third-order valence-electron chi connectivity index (χ3n) is 5.40. The number of nitrogens with one attached hydrogen (secondary N) is 2. The summed E-state index contributed by atoms with van der Waals surface area (Å²) in [4.78, 5) is 29.1. The fourth-order valence-electron chi connectivity index (χ4n) is 3.50. The van der Waals surface area contributed by atoms with Gasteiger partial charge in [0.1, 0.15) is 24.2 Å². The summed E-state index contributed by atoms with van der Waals surface area (Å²) in [5, 5.41) is 14.5. The molecule has 0 fully saturated rings. The molecule has 0 saturated heterocycles. The van der Waals surface area contributed by atoms with E-state index in [0.717, 1.165) is 10.9 Å². The number of anilines is 2. The van der Waals surface area contributed by atoms with Crippen LogP contribution in [0.5, 0.6) is 0 Å². The summed E-state index contributed by atoms with van der Waals surface area (Å²) in [5.74, 6) is 0.127. The van der Waals surface area contributed by atoms with E-state index in [4.69, 9.17) is 4.52 Å². The monoisotopic (exact) mass is 452 g/mol. The lowest BCUT2D eigenvalue weighted by Gasteiger charge is -2.12. The molecule has 5 rings (SSSR count). The van der Waals surface area contributed by atoms with Crippen LogP contribution in [-0.2, 0) is 4.79 Å². The van der Waals surface area contributed by atoms with E-state index in [1.165, 1.54) is 17.3 Å². The SMILES string of the molecule is CC(C(=O)Nc1ccc(NC(=O)c2ccc3noc(-c4ccccc4)c3c2)cc1)n1cncn1. The van der Waals surface area contributed by atoms with Gasteiger partial charge in [-0.15, -0.1) is 0 Å². The smallest absolute Gasteiger partial charge is 0.255 e. The van der Waals surface area contributed by atoms with Gasteiger partial charge >= 0.3 is 0 Å². The second-order valence-electron chi connectivity index (χ2n) is 7.68. The van der Waals surface area contributed by atoms with E-state index in [2.05, 4.69) is 25.9 Å². The maximum atomic E-state index is 12.9. The quantitative estimate of drug-likeness (QED) is 0.391. The number of hydrogen-bond donors (Lipinski definition) is 2. The van der Waals surface area contributed by atoms with Gasteiger partial charge in [-0.25, -0.2) is 9.67 Å². The molecule has 0 bridgehead atoms. The molecule has 9 heteroatoms. The highest BCUT2D eigenvalue weighted by Gasteiger charge is 2.16. The third-order valence-corrected chi connectivity index (χ3v) is 5.40. The van der Waals surface area contributed by atoms with Gasteiger partial charge in [0.2, 0.25) is 5.91 Å². The fourth-order valence-corrected chi connectivity index (χ4v) is 3.50. The largest absolute Gasteiger partial charge is 0.355 e. The van der Waals surface area contributed by atoms with Crippen LogP contribution in [0.4, 0.5) is 11.4 Å². The normalized spacial score (nSPS) is 11.8. The zero-order valence-corrected chi connectivity index (χ0v) is 18.2. The first-order valence-electron chi connectivity index (χ1n) is 10.6. The van der Waals surface area contributed by atoms with Crippen LogP contribution in [0.15, 0.2) is 90.0 Å². The highest BCUT2D eigenvalue weighted by atomic mass is 16.5. The molecule has 3 aromatic carbocycles. The average Bonchev–Trinajstić information content (AvgIpc) is 3.55. The molecule has 0 saturated carbocycles. The van der Waals surface area contributed by atoms with Gasteiger partial charge in [0.05, 0.1) is 5.39 Å². The van der Waals surface area contributed by atoms with Crippen molar-refractivity contribution in [3.8, 4) is 11.3 Å². The number of benzene rings is 3. The van der Waals surface area contributed by atoms with Crippen LogP contribution in [0.3, 0.4) is 0 Å². The molecular formula is C25H20N6O3. The highest BCUT2D eigenvalue weighted by Crippen LogP contribution is 2.29. The Kier molecular flexibility index (Phi) is 5.57. The summed E-state index contributed by atoms with van der Waals surface area (Å²) in [6.07, 6.45) is 2.87. The number of amides is 2. The van der Waals surface area contributed by atoms with Crippen molar-refractivity contribution in [3.05, 3.63) is 91.0 Å². The number of aromatic nitrogens is 4. The molecule has 1 unspecified atom stereocenters. The van der Waals surface area contributed by atoms with E-state index in [-0.39, 0.29) is 11.8 Å². The minimum atomic E-state index is -0.505. The van der Waals surface area contributed by atoms with Crippen molar-refractivity contribution >= 4 is 34.1 Å². The Morgan fingerprint density at radius 3 is 2.38 bits per heavy atom. The van der Waals surface area contributed by atoms with E-state index in [9.17, 15) is 9.59 Å². The molecule has 1 atom stereocenters. The number of carbonyl (C=O) groups is 2. The second-order valence-corrected chi connectivity index (χ2v) is 7.68. The Morgan fingerprint density at radius 1 is 0.941 bits per heavy atom. The molecule has 168 valence electrons. The van der Waals surface area contributed by atoms with Crippen LogP contribution >= 0.6 is 0 Å². The predicted molar refractivity (Wildman–Crippen MR) is 127 cm³/mol. The third kappa shape index (κ3) is 4.26. The van der Waals surface area contributed by atoms with E-state index >= 15 is 0 Å². The van der Waals surface area contributed by atoms with Crippen LogP contribution in [-0.4, -0.2) is 31.7 Å². The molecule has 9 nitrogen and oxygen atoms in total. The fraction of sp³-hybridized carbons (Fsp3) is 0.0800. The van der Waals surface area contributed by atoms with Crippen molar-refractivity contribution < 1.29 is 14.1 Å².